The molecule has 0 saturated carbocycles. The minimum atomic E-state index is -0.571. The summed E-state index contributed by atoms with van der Waals surface area (Å²) in [5.74, 6) is 4.14. The van der Waals surface area contributed by atoms with Crippen LogP contribution in [0.4, 0.5) is 0 Å². The van der Waals surface area contributed by atoms with Crippen LogP contribution in [-0.2, 0) is 0 Å². The quantitative estimate of drug-likeness (QED) is 0.693. The van der Waals surface area contributed by atoms with E-state index in [1.807, 2.05) is 23.5 Å². The molecule has 0 radical (unpaired) electrons. The Bertz CT molecular complexity index is 186. The minimum absolute atomic E-state index is 0.290. The van der Waals surface area contributed by atoms with Crippen molar-refractivity contribution in [2.24, 2.45) is 5.73 Å². The minimum Gasteiger partial charge on any atom is -0.387 e. The van der Waals surface area contributed by atoms with E-state index in [9.17, 15) is 5.11 Å². The number of hydrogen-bond acceptors (Lipinski definition) is 4. The molecule has 0 aliphatic carbocycles. The Morgan fingerprint density at radius 3 is 2.15 bits per heavy atom. The summed E-state index contributed by atoms with van der Waals surface area (Å²) in [6.07, 6.45) is 2.85. The Hall–Kier alpha value is 0.620. The van der Waals surface area contributed by atoms with Crippen molar-refractivity contribution < 1.29 is 5.11 Å². The van der Waals surface area contributed by atoms with Gasteiger partial charge in [-0.2, -0.15) is 23.5 Å². The molecular formula is C9H17NOS2. The predicted octanol–water partition coefficient (Wildman–Crippen LogP) is 1.08. The average molecular weight is 219 g/mol. The SMILES string of the molecule is NC1(C2(O)CCSC2)CCSCC1. The van der Waals surface area contributed by atoms with E-state index in [0.29, 0.717) is 0 Å². The second-order valence-electron chi connectivity index (χ2n) is 4.10. The van der Waals surface area contributed by atoms with E-state index >= 15 is 0 Å². The first-order valence-corrected chi connectivity index (χ1v) is 7.14. The summed E-state index contributed by atoms with van der Waals surface area (Å²) in [6, 6.07) is 0. The van der Waals surface area contributed by atoms with E-state index in [-0.39, 0.29) is 5.54 Å². The topological polar surface area (TPSA) is 46.2 Å². The van der Waals surface area contributed by atoms with E-state index in [2.05, 4.69) is 0 Å². The molecule has 1 atom stereocenters. The molecule has 2 saturated heterocycles. The van der Waals surface area contributed by atoms with Gasteiger partial charge < -0.3 is 10.8 Å². The number of nitrogens with two attached hydrogens (primary N) is 1. The summed E-state index contributed by atoms with van der Waals surface area (Å²) in [5.41, 5.74) is 5.46. The first-order valence-electron chi connectivity index (χ1n) is 4.83. The van der Waals surface area contributed by atoms with Gasteiger partial charge in [-0.05, 0) is 36.5 Å². The second-order valence-corrected chi connectivity index (χ2v) is 6.43. The first kappa shape index (κ1) is 10.1. The molecule has 3 N–H and O–H groups in total. The molecule has 0 spiro atoms. The van der Waals surface area contributed by atoms with Crippen molar-refractivity contribution >= 4 is 23.5 Å². The highest BCUT2D eigenvalue weighted by molar-refractivity contribution is 7.99. The van der Waals surface area contributed by atoms with E-state index in [1.54, 1.807) is 0 Å². The van der Waals surface area contributed by atoms with Crippen LogP contribution in [0.15, 0.2) is 0 Å². The fraction of sp³-hybridized carbons (Fsp3) is 1.00. The summed E-state index contributed by atoms with van der Waals surface area (Å²) >= 11 is 3.79. The number of hydrogen-bond donors (Lipinski definition) is 2. The largest absolute Gasteiger partial charge is 0.387 e. The maximum Gasteiger partial charge on any atom is 0.0924 e. The van der Waals surface area contributed by atoms with Gasteiger partial charge in [0.15, 0.2) is 0 Å². The summed E-state index contributed by atoms with van der Waals surface area (Å²) in [7, 11) is 0. The zero-order chi connectivity index (χ0) is 9.36. The van der Waals surface area contributed by atoms with Crippen LogP contribution in [0.1, 0.15) is 19.3 Å². The van der Waals surface area contributed by atoms with Crippen LogP contribution < -0.4 is 5.73 Å². The second kappa shape index (κ2) is 3.65. The lowest BCUT2D eigenvalue weighted by Crippen LogP contribution is -2.62. The van der Waals surface area contributed by atoms with Crippen molar-refractivity contribution in [2.45, 2.75) is 30.4 Å². The Labute approximate surface area is 88.0 Å². The third-order valence-corrected chi connectivity index (χ3v) is 5.47. The lowest BCUT2D eigenvalue weighted by atomic mass is 9.76. The summed E-state index contributed by atoms with van der Waals surface area (Å²) < 4.78 is 0. The predicted molar refractivity (Wildman–Crippen MR) is 60.4 cm³/mol. The third kappa shape index (κ3) is 1.74. The lowest BCUT2D eigenvalue weighted by Gasteiger charge is -2.44. The molecule has 13 heavy (non-hydrogen) atoms. The molecule has 2 aliphatic heterocycles. The highest BCUT2D eigenvalue weighted by atomic mass is 32.2. The molecule has 1 unspecified atom stereocenters. The number of thioether (sulfide) groups is 2. The van der Waals surface area contributed by atoms with Crippen LogP contribution in [0.2, 0.25) is 0 Å². The zero-order valence-corrected chi connectivity index (χ0v) is 9.42. The zero-order valence-electron chi connectivity index (χ0n) is 7.79. The van der Waals surface area contributed by atoms with E-state index in [0.717, 1.165) is 42.3 Å². The monoisotopic (exact) mass is 219 g/mol. The standard InChI is InChI=1S/C9H17NOS2/c10-8(1-4-12-5-2-8)9(11)3-6-13-7-9/h11H,1-7,10H2. The number of aliphatic hydroxyl groups is 1. The molecule has 2 fully saturated rings. The van der Waals surface area contributed by atoms with Crippen molar-refractivity contribution in [1.82, 2.24) is 0 Å². The van der Waals surface area contributed by atoms with Gasteiger partial charge in [-0.25, -0.2) is 0 Å². The van der Waals surface area contributed by atoms with Gasteiger partial charge in [-0.15, -0.1) is 0 Å². The molecule has 76 valence electrons. The molecule has 0 amide bonds. The van der Waals surface area contributed by atoms with Gasteiger partial charge in [-0.1, -0.05) is 0 Å². The van der Waals surface area contributed by atoms with Crippen LogP contribution >= 0.6 is 23.5 Å². The molecule has 2 heterocycles. The molecule has 0 aromatic heterocycles. The molecule has 2 nitrogen and oxygen atoms in total. The lowest BCUT2D eigenvalue weighted by molar-refractivity contribution is -0.0166. The van der Waals surface area contributed by atoms with Crippen molar-refractivity contribution in [1.29, 1.82) is 0 Å². The van der Waals surface area contributed by atoms with Crippen LogP contribution in [0.5, 0.6) is 0 Å². The van der Waals surface area contributed by atoms with Gasteiger partial charge in [0.2, 0.25) is 0 Å². The van der Waals surface area contributed by atoms with Crippen molar-refractivity contribution in [3.63, 3.8) is 0 Å². The van der Waals surface area contributed by atoms with Crippen LogP contribution in [-0.4, -0.2) is 39.3 Å². The smallest absolute Gasteiger partial charge is 0.0924 e. The molecule has 0 aromatic rings. The van der Waals surface area contributed by atoms with Crippen molar-refractivity contribution in [3.8, 4) is 0 Å². The van der Waals surface area contributed by atoms with Crippen LogP contribution in [0.25, 0.3) is 0 Å². The highest BCUT2D eigenvalue weighted by Gasteiger charge is 2.49. The van der Waals surface area contributed by atoms with Gasteiger partial charge in [0.25, 0.3) is 0 Å². The molecule has 4 heteroatoms. The van der Waals surface area contributed by atoms with Crippen molar-refractivity contribution in [2.75, 3.05) is 23.0 Å². The normalized spacial score (nSPS) is 39.2. The van der Waals surface area contributed by atoms with Crippen LogP contribution in [0, 0.1) is 0 Å². The molecular weight excluding hydrogens is 202 g/mol. The van der Waals surface area contributed by atoms with Gasteiger partial charge in [-0.3, -0.25) is 0 Å². The van der Waals surface area contributed by atoms with E-state index in [1.165, 1.54) is 0 Å². The van der Waals surface area contributed by atoms with Gasteiger partial charge in [0, 0.05) is 11.3 Å². The Kier molecular flexibility index (Phi) is 2.85. The van der Waals surface area contributed by atoms with Gasteiger partial charge in [0.1, 0.15) is 0 Å². The molecule has 0 aromatic carbocycles. The summed E-state index contributed by atoms with van der Waals surface area (Å²) in [5, 5.41) is 10.4. The van der Waals surface area contributed by atoms with E-state index in [4.69, 9.17) is 5.73 Å². The van der Waals surface area contributed by atoms with Crippen molar-refractivity contribution in [3.05, 3.63) is 0 Å². The Morgan fingerprint density at radius 2 is 1.62 bits per heavy atom. The fourth-order valence-corrected chi connectivity index (χ4v) is 4.77. The number of rotatable bonds is 1. The molecule has 2 rings (SSSR count). The van der Waals surface area contributed by atoms with Crippen LogP contribution in [0.3, 0.4) is 0 Å². The maximum atomic E-state index is 10.4. The fourth-order valence-electron chi connectivity index (χ4n) is 2.15. The molecule has 0 bridgehead atoms. The summed E-state index contributed by atoms with van der Waals surface area (Å²) in [4.78, 5) is 0. The Morgan fingerprint density at radius 1 is 1.00 bits per heavy atom. The molecule has 2 aliphatic rings. The van der Waals surface area contributed by atoms with Gasteiger partial charge in [0.05, 0.1) is 5.60 Å². The third-order valence-electron chi connectivity index (χ3n) is 3.31. The van der Waals surface area contributed by atoms with Gasteiger partial charge >= 0.3 is 0 Å². The first-order chi connectivity index (χ1) is 6.16. The summed E-state index contributed by atoms with van der Waals surface area (Å²) in [6.45, 7) is 0. The maximum absolute atomic E-state index is 10.4. The van der Waals surface area contributed by atoms with E-state index < -0.39 is 5.60 Å². The Balaban J connectivity index is 2.11. The average Bonchev–Trinajstić information content (AvgIpc) is 2.55. The highest BCUT2D eigenvalue weighted by Crippen LogP contribution is 2.41.